The number of ether oxygens (including phenoxy) is 1. The fourth-order valence-corrected chi connectivity index (χ4v) is 1.84. The first-order valence-electron chi connectivity index (χ1n) is 5.97. The lowest BCUT2D eigenvalue weighted by molar-refractivity contribution is -0.108. The molecule has 0 bridgehead atoms. The number of alkyl carbamates (subject to hydrolysis) is 1. The van der Waals surface area contributed by atoms with E-state index in [1.165, 1.54) is 12.3 Å². The first-order chi connectivity index (χ1) is 9.23. The van der Waals surface area contributed by atoms with E-state index in [0.717, 1.165) is 0 Å². The lowest BCUT2D eigenvalue weighted by atomic mass is 10.1. The molecule has 1 rings (SSSR count). The van der Waals surface area contributed by atoms with Crippen LogP contribution in [0.25, 0.3) is 0 Å². The SMILES string of the molecule is CC(C)(C)OC(=O)N[C@H](CC=O)c1cc(Br)cnc1F. The van der Waals surface area contributed by atoms with Crippen LogP contribution in [0.1, 0.15) is 38.8 Å². The highest BCUT2D eigenvalue weighted by Gasteiger charge is 2.23. The van der Waals surface area contributed by atoms with E-state index in [0.29, 0.717) is 10.8 Å². The van der Waals surface area contributed by atoms with Crippen LogP contribution in [0.2, 0.25) is 0 Å². The van der Waals surface area contributed by atoms with Gasteiger partial charge in [-0.2, -0.15) is 4.39 Å². The summed E-state index contributed by atoms with van der Waals surface area (Å²) in [4.78, 5) is 26.0. The Kier molecular flexibility index (Phi) is 5.62. The Labute approximate surface area is 125 Å². The van der Waals surface area contributed by atoms with Gasteiger partial charge in [0.05, 0.1) is 6.04 Å². The highest BCUT2D eigenvalue weighted by molar-refractivity contribution is 9.10. The predicted molar refractivity (Wildman–Crippen MR) is 74.7 cm³/mol. The van der Waals surface area contributed by atoms with Gasteiger partial charge in [0.1, 0.15) is 11.9 Å². The van der Waals surface area contributed by atoms with Crippen molar-refractivity contribution in [1.82, 2.24) is 10.3 Å². The molecule has 0 saturated heterocycles. The lowest BCUT2D eigenvalue weighted by Crippen LogP contribution is -2.35. The van der Waals surface area contributed by atoms with Crippen molar-refractivity contribution in [3.8, 4) is 0 Å². The molecular weight excluding hydrogens is 331 g/mol. The molecular formula is C13H16BrFN2O3. The zero-order chi connectivity index (χ0) is 15.3. The number of amides is 1. The van der Waals surface area contributed by atoms with Crippen molar-refractivity contribution < 1.29 is 18.7 Å². The van der Waals surface area contributed by atoms with E-state index in [2.05, 4.69) is 26.2 Å². The zero-order valence-corrected chi connectivity index (χ0v) is 13.0. The van der Waals surface area contributed by atoms with Crippen molar-refractivity contribution in [2.24, 2.45) is 0 Å². The maximum absolute atomic E-state index is 13.7. The number of hydrogen-bond donors (Lipinski definition) is 1. The van der Waals surface area contributed by atoms with Crippen molar-refractivity contribution in [1.29, 1.82) is 0 Å². The Bertz CT molecular complexity index is 503. The van der Waals surface area contributed by atoms with E-state index in [9.17, 15) is 14.0 Å². The normalized spacial score (nSPS) is 12.7. The second-order valence-corrected chi connectivity index (χ2v) is 6.05. The van der Waals surface area contributed by atoms with E-state index in [1.807, 2.05) is 0 Å². The highest BCUT2D eigenvalue weighted by atomic mass is 79.9. The number of pyridine rings is 1. The molecule has 0 aliphatic rings. The summed E-state index contributed by atoms with van der Waals surface area (Å²) < 4.78 is 19.3. The number of aldehydes is 1. The smallest absolute Gasteiger partial charge is 0.408 e. The Morgan fingerprint density at radius 2 is 2.25 bits per heavy atom. The van der Waals surface area contributed by atoms with Gasteiger partial charge in [-0.25, -0.2) is 9.78 Å². The van der Waals surface area contributed by atoms with Gasteiger partial charge in [-0.15, -0.1) is 0 Å². The molecule has 0 saturated carbocycles. The number of nitrogens with zero attached hydrogens (tertiary/aromatic N) is 1. The third-order valence-corrected chi connectivity index (χ3v) is 2.66. The van der Waals surface area contributed by atoms with Crippen molar-refractivity contribution in [2.75, 3.05) is 0 Å². The third kappa shape index (κ3) is 5.24. The maximum Gasteiger partial charge on any atom is 0.408 e. The van der Waals surface area contributed by atoms with E-state index < -0.39 is 23.7 Å². The van der Waals surface area contributed by atoms with Crippen molar-refractivity contribution in [3.05, 3.63) is 28.2 Å². The predicted octanol–water partition coefficient (Wildman–Crippen LogP) is 3.14. The molecule has 1 amide bonds. The van der Waals surface area contributed by atoms with Crippen LogP contribution in [0.5, 0.6) is 0 Å². The fourth-order valence-electron chi connectivity index (χ4n) is 1.49. The van der Waals surface area contributed by atoms with Crippen molar-refractivity contribution in [3.63, 3.8) is 0 Å². The molecule has 1 aromatic rings. The van der Waals surface area contributed by atoms with Gasteiger partial charge in [0.15, 0.2) is 0 Å². The highest BCUT2D eigenvalue weighted by Crippen LogP contribution is 2.22. The van der Waals surface area contributed by atoms with Gasteiger partial charge in [-0.05, 0) is 42.8 Å². The number of halogens is 2. The van der Waals surface area contributed by atoms with Crippen LogP contribution in [0, 0.1) is 5.95 Å². The summed E-state index contributed by atoms with van der Waals surface area (Å²) in [5.74, 6) is -0.740. The maximum atomic E-state index is 13.7. The van der Waals surface area contributed by atoms with Crippen LogP contribution >= 0.6 is 15.9 Å². The van der Waals surface area contributed by atoms with Gasteiger partial charge in [0, 0.05) is 22.7 Å². The van der Waals surface area contributed by atoms with Crippen molar-refractivity contribution >= 4 is 28.3 Å². The fraction of sp³-hybridized carbons (Fsp3) is 0.462. The summed E-state index contributed by atoms with van der Waals surface area (Å²) in [7, 11) is 0. The van der Waals surface area contributed by atoms with E-state index in [4.69, 9.17) is 4.74 Å². The minimum absolute atomic E-state index is 0.0751. The number of nitrogens with one attached hydrogen (secondary N) is 1. The molecule has 110 valence electrons. The number of carbonyl (C=O) groups excluding carboxylic acids is 2. The topological polar surface area (TPSA) is 68.3 Å². The third-order valence-electron chi connectivity index (χ3n) is 2.23. The average Bonchev–Trinajstić information content (AvgIpc) is 2.29. The summed E-state index contributed by atoms with van der Waals surface area (Å²) in [6.45, 7) is 5.13. The van der Waals surface area contributed by atoms with Crippen molar-refractivity contribution in [2.45, 2.75) is 38.8 Å². The summed E-state index contributed by atoms with van der Waals surface area (Å²) in [6.07, 6.45) is 1.10. The van der Waals surface area contributed by atoms with Crippen LogP contribution in [0.15, 0.2) is 16.7 Å². The van der Waals surface area contributed by atoms with Crippen LogP contribution in [0.4, 0.5) is 9.18 Å². The molecule has 7 heteroatoms. The van der Waals surface area contributed by atoms with Gasteiger partial charge in [0.2, 0.25) is 5.95 Å². The largest absolute Gasteiger partial charge is 0.444 e. The summed E-state index contributed by atoms with van der Waals surface area (Å²) in [6, 6.07) is 0.640. The summed E-state index contributed by atoms with van der Waals surface area (Å²) in [5.41, 5.74) is -0.554. The molecule has 0 fully saturated rings. The van der Waals surface area contributed by atoms with E-state index >= 15 is 0 Å². The van der Waals surface area contributed by atoms with Crippen LogP contribution in [-0.4, -0.2) is 23.0 Å². The summed E-state index contributed by atoms with van der Waals surface area (Å²) >= 11 is 3.17. The molecule has 1 heterocycles. The number of hydrogen-bond acceptors (Lipinski definition) is 4. The first-order valence-corrected chi connectivity index (χ1v) is 6.76. The molecule has 0 aliphatic heterocycles. The Morgan fingerprint density at radius 3 is 2.80 bits per heavy atom. The monoisotopic (exact) mass is 346 g/mol. The van der Waals surface area contributed by atoms with Crippen LogP contribution < -0.4 is 5.32 Å². The first kappa shape index (κ1) is 16.6. The second-order valence-electron chi connectivity index (χ2n) is 5.13. The Hall–Kier alpha value is -1.50. The Morgan fingerprint density at radius 1 is 1.60 bits per heavy atom. The molecule has 1 N–H and O–H groups in total. The quantitative estimate of drug-likeness (QED) is 0.671. The summed E-state index contributed by atoms with van der Waals surface area (Å²) in [5, 5.41) is 2.47. The lowest BCUT2D eigenvalue weighted by Gasteiger charge is -2.23. The minimum Gasteiger partial charge on any atom is -0.444 e. The molecule has 0 radical (unpaired) electrons. The van der Waals surface area contributed by atoms with Gasteiger partial charge < -0.3 is 14.8 Å². The number of carbonyl (C=O) groups is 2. The van der Waals surface area contributed by atoms with Gasteiger partial charge >= 0.3 is 6.09 Å². The van der Waals surface area contributed by atoms with Crippen LogP contribution in [0.3, 0.4) is 0 Å². The molecule has 5 nitrogen and oxygen atoms in total. The van der Waals surface area contributed by atoms with Gasteiger partial charge in [0.25, 0.3) is 0 Å². The van der Waals surface area contributed by atoms with Gasteiger partial charge in [-0.1, -0.05) is 0 Å². The van der Waals surface area contributed by atoms with Crippen LogP contribution in [-0.2, 0) is 9.53 Å². The molecule has 1 aromatic heterocycles. The molecule has 1 atom stereocenters. The average molecular weight is 347 g/mol. The Balaban J connectivity index is 2.91. The van der Waals surface area contributed by atoms with E-state index in [-0.39, 0.29) is 12.0 Å². The molecule has 20 heavy (non-hydrogen) atoms. The van der Waals surface area contributed by atoms with Gasteiger partial charge in [-0.3, -0.25) is 0 Å². The number of aromatic nitrogens is 1. The second kappa shape index (κ2) is 6.78. The molecule has 0 aromatic carbocycles. The standard InChI is InChI=1S/C13H16BrFN2O3/c1-13(2,3)20-12(19)17-10(4-5-18)9-6-8(14)7-16-11(9)15/h5-7,10H,4H2,1-3H3,(H,17,19)/t10-/m1/s1. The minimum atomic E-state index is -0.827. The number of rotatable bonds is 4. The molecule has 0 unspecified atom stereocenters. The zero-order valence-electron chi connectivity index (χ0n) is 11.4. The molecule has 0 aliphatic carbocycles. The molecule has 0 spiro atoms. The van der Waals surface area contributed by atoms with E-state index in [1.54, 1.807) is 20.8 Å².